The van der Waals surface area contributed by atoms with Crippen LogP contribution in [0.1, 0.15) is 32.3 Å². The molecule has 5 nitrogen and oxygen atoms in total. The van der Waals surface area contributed by atoms with Crippen molar-refractivity contribution in [3.8, 4) is 0 Å². The lowest BCUT2D eigenvalue weighted by Gasteiger charge is -2.27. The number of carbonyl (C=O) groups is 2. The van der Waals surface area contributed by atoms with E-state index in [1.807, 2.05) is 23.6 Å². The normalized spacial score (nSPS) is 17.2. The van der Waals surface area contributed by atoms with Crippen LogP contribution in [-0.4, -0.2) is 53.8 Å². The number of nitrogens with zero attached hydrogens (tertiary/aromatic N) is 2. The van der Waals surface area contributed by atoms with Gasteiger partial charge in [0, 0.05) is 32.6 Å². The molecule has 1 N–H and O–H groups in total. The van der Waals surface area contributed by atoms with Gasteiger partial charge in [-0.3, -0.25) is 14.5 Å². The van der Waals surface area contributed by atoms with Gasteiger partial charge in [0.15, 0.2) is 0 Å². The van der Waals surface area contributed by atoms with Crippen LogP contribution in [0, 0.1) is 12.7 Å². The molecule has 24 heavy (non-hydrogen) atoms. The summed E-state index contributed by atoms with van der Waals surface area (Å²) in [6, 6.07) is 4.38. The largest absolute Gasteiger partial charge is 0.341 e. The fourth-order valence-corrected chi connectivity index (χ4v) is 2.92. The quantitative estimate of drug-likeness (QED) is 0.919. The molecule has 1 aromatic carbocycles. The van der Waals surface area contributed by atoms with Gasteiger partial charge in [-0.15, -0.1) is 0 Å². The Morgan fingerprint density at radius 1 is 1.25 bits per heavy atom. The fraction of sp³-hybridized carbons (Fsp3) is 0.556. The summed E-state index contributed by atoms with van der Waals surface area (Å²) in [6.45, 7) is 8.23. The Bertz CT molecular complexity index is 606. The Kier molecular flexibility index (Phi) is 6.31. The van der Waals surface area contributed by atoms with Gasteiger partial charge >= 0.3 is 0 Å². The van der Waals surface area contributed by atoms with Crippen molar-refractivity contribution in [3.05, 3.63) is 29.6 Å². The number of anilines is 1. The molecule has 6 heteroatoms. The molecule has 0 aliphatic carbocycles. The van der Waals surface area contributed by atoms with Crippen LogP contribution in [0.25, 0.3) is 0 Å². The van der Waals surface area contributed by atoms with Crippen LogP contribution in [0.3, 0.4) is 0 Å². The lowest BCUT2D eigenvalue weighted by molar-refractivity contribution is -0.130. The number of nitrogens with one attached hydrogen (secondary N) is 1. The molecular formula is C18H26FN3O2. The first-order valence-corrected chi connectivity index (χ1v) is 8.51. The molecule has 1 heterocycles. The second kappa shape index (κ2) is 8.24. The highest BCUT2D eigenvalue weighted by Crippen LogP contribution is 2.17. The Morgan fingerprint density at radius 3 is 2.67 bits per heavy atom. The van der Waals surface area contributed by atoms with Gasteiger partial charge in [-0.1, -0.05) is 13.0 Å². The van der Waals surface area contributed by atoms with Crippen molar-refractivity contribution in [3.63, 3.8) is 0 Å². The third-order valence-corrected chi connectivity index (χ3v) is 4.50. The predicted molar refractivity (Wildman–Crippen MR) is 92.3 cm³/mol. The van der Waals surface area contributed by atoms with Gasteiger partial charge in [-0.25, -0.2) is 4.39 Å². The minimum absolute atomic E-state index is 0.149. The molecule has 0 bridgehead atoms. The average Bonchev–Trinajstić information content (AvgIpc) is 2.82. The molecule has 0 spiro atoms. The number of amides is 2. The molecule has 2 amide bonds. The van der Waals surface area contributed by atoms with Crippen LogP contribution in [0.5, 0.6) is 0 Å². The van der Waals surface area contributed by atoms with Crippen LogP contribution in [0.4, 0.5) is 10.1 Å². The topological polar surface area (TPSA) is 52.7 Å². The van der Waals surface area contributed by atoms with Crippen molar-refractivity contribution in [1.29, 1.82) is 0 Å². The lowest BCUT2D eigenvalue weighted by Crippen LogP contribution is -2.44. The van der Waals surface area contributed by atoms with E-state index >= 15 is 0 Å². The standard InChI is InChI=1S/C18H26FN3O2/c1-4-17(23)22-9-5-8-21(10-11-22)14(3)18(24)20-16-7-6-13(2)12-15(16)19/h6-7,12,14H,4-5,8-11H2,1-3H3,(H,20,24). The number of hydrogen-bond acceptors (Lipinski definition) is 3. The Labute approximate surface area is 142 Å². The van der Waals surface area contributed by atoms with Crippen LogP contribution < -0.4 is 5.32 Å². The van der Waals surface area contributed by atoms with E-state index in [0.29, 0.717) is 19.5 Å². The fourth-order valence-electron chi connectivity index (χ4n) is 2.92. The highest BCUT2D eigenvalue weighted by Gasteiger charge is 2.25. The smallest absolute Gasteiger partial charge is 0.241 e. The van der Waals surface area contributed by atoms with E-state index in [1.165, 1.54) is 6.07 Å². The third-order valence-electron chi connectivity index (χ3n) is 4.50. The highest BCUT2D eigenvalue weighted by atomic mass is 19.1. The van der Waals surface area contributed by atoms with Crippen molar-refractivity contribution < 1.29 is 14.0 Å². The molecule has 0 aromatic heterocycles. The number of aryl methyl sites for hydroxylation is 1. The van der Waals surface area contributed by atoms with Crippen LogP contribution >= 0.6 is 0 Å². The van der Waals surface area contributed by atoms with Crippen molar-refractivity contribution in [1.82, 2.24) is 9.80 Å². The molecule has 1 atom stereocenters. The first-order valence-electron chi connectivity index (χ1n) is 8.51. The minimum atomic E-state index is -0.425. The molecule has 132 valence electrons. The minimum Gasteiger partial charge on any atom is -0.341 e. The van der Waals surface area contributed by atoms with Gasteiger partial charge in [-0.2, -0.15) is 0 Å². The summed E-state index contributed by atoms with van der Waals surface area (Å²) >= 11 is 0. The summed E-state index contributed by atoms with van der Waals surface area (Å²) in [4.78, 5) is 28.2. The summed E-state index contributed by atoms with van der Waals surface area (Å²) in [5, 5.41) is 2.66. The predicted octanol–water partition coefficient (Wildman–Crippen LogP) is 2.41. The second-order valence-corrected chi connectivity index (χ2v) is 6.27. The first kappa shape index (κ1) is 18.4. The van der Waals surface area contributed by atoms with Crippen LogP contribution in [0.15, 0.2) is 18.2 Å². The molecule has 0 radical (unpaired) electrons. The second-order valence-electron chi connectivity index (χ2n) is 6.27. The number of halogens is 1. The van der Waals surface area contributed by atoms with Gasteiger partial charge in [-0.05, 0) is 38.0 Å². The molecule has 1 fully saturated rings. The van der Waals surface area contributed by atoms with Gasteiger partial charge in [0.1, 0.15) is 5.82 Å². The summed E-state index contributed by atoms with van der Waals surface area (Å²) < 4.78 is 13.9. The number of rotatable bonds is 4. The molecule has 1 aliphatic rings. The van der Waals surface area contributed by atoms with Gasteiger partial charge in [0.05, 0.1) is 11.7 Å². The van der Waals surface area contributed by atoms with Gasteiger partial charge in [0.2, 0.25) is 11.8 Å². The van der Waals surface area contributed by atoms with E-state index < -0.39 is 5.82 Å². The maximum atomic E-state index is 13.9. The third kappa shape index (κ3) is 4.54. The molecule has 1 saturated heterocycles. The summed E-state index contributed by atoms with van der Waals surface area (Å²) in [7, 11) is 0. The summed E-state index contributed by atoms with van der Waals surface area (Å²) in [5.74, 6) is -0.505. The van der Waals surface area contributed by atoms with E-state index in [1.54, 1.807) is 19.1 Å². The van der Waals surface area contributed by atoms with Crippen LogP contribution in [0.2, 0.25) is 0 Å². The maximum absolute atomic E-state index is 13.9. The van der Waals surface area contributed by atoms with Crippen molar-refractivity contribution in [2.24, 2.45) is 0 Å². The zero-order valence-corrected chi connectivity index (χ0v) is 14.6. The van der Waals surface area contributed by atoms with Gasteiger partial charge in [0.25, 0.3) is 0 Å². The van der Waals surface area contributed by atoms with Crippen molar-refractivity contribution in [2.75, 3.05) is 31.5 Å². The van der Waals surface area contributed by atoms with Gasteiger partial charge < -0.3 is 10.2 Å². The van der Waals surface area contributed by atoms with Crippen molar-refractivity contribution in [2.45, 2.75) is 39.7 Å². The zero-order chi connectivity index (χ0) is 17.7. The van der Waals surface area contributed by atoms with Crippen LogP contribution in [-0.2, 0) is 9.59 Å². The molecule has 2 rings (SSSR count). The maximum Gasteiger partial charge on any atom is 0.241 e. The Morgan fingerprint density at radius 2 is 2.00 bits per heavy atom. The van der Waals surface area contributed by atoms with E-state index in [0.717, 1.165) is 25.1 Å². The van der Waals surface area contributed by atoms with E-state index in [-0.39, 0.29) is 23.5 Å². The lowest BCUT2D eigenvalue weighted by atomic mass is 10.2. The van der Waals surface area contributed by atoms with E-state index in [2.05, 4.69) is 5.32 Å². The summed E-state index contributed by atoms with van der Waals surface area (Å²) in [5.41, 5.74) is 1.02. The number of hydrogen-bond donors (Lipinski definition) is 1. The average molecular weight is 335 g/mol. The SMILES string of the molecule is CCC(=O)N1CCCN(C(C)C(=O)Nc2ccc(C)cc2F)CC1. The van der Waals surface area contributed by atoms with E-state index in [9.17, 15) is 14.0 Å². The molecule has 1 unspecified atom stereocenters. The summed E-state index contributed by atoms with van der Waals surface area (Å²) in [6.07, 6.45) is 1.34. The molecule has 0 saturated carbocycles. The zero-order valence-electron chi connectivity index (χ0n) is 14.6. The Hall–Kier alpha value is -1.95. The van der Waals surface area contributed by atoms with E-state index in [4.69, 9.17) is 0 Å². The monoisotopic (exact) mass is 335 g/mol. The number of carbonyl (C=O) groups excluding carboxylic acids is 2. The van der Waals surface area contributed by atoms with Crippen molar-refractivity contribution >= 4 is 17.5 Å². The highest BCUT2D eigenvalue weighted by molar-refractivity contribution is 5.94. The Balaban J connectivity index is 1.96. The first-order chi connectivity index (χ1) is 11.4. The molecule has 1 aliphatic heterocycles. The number of benzene rings is 1. The molecule has 1 aromatic rings. The molecular weight excluding hydrogens is 309 g/mol.